The van der Waals surface area contributed by atoms with Crippen molar-refractivity contribution in [2.45, 2.75) is 6.92 Å². The van der Waals surface area contributed by atoms with Gasteiger partial charge in [-0.25, -0.2) is 0 Å². The van der Waals surface area contributed by atoms with Crippen LogP contribution in [0.2, 0.25) is 0 Å². The average molecular weight is 291 g/mol. The van der Waals surface area contributed by atoms with E-state index < -0.39 is 0 Å². The zero-order chi connectivity index (χ0) is 15.5. The number of carbonyl (C=O) groups is 1. The summed E-state index contributed by atoms with van der Waals surface area (Å²) in [4.78, 5) is 12.2. The maximum absolute atomic E-state index is 12.2. The fourth-order valence-corrected chi connectivity index (χ4v) is 2.23. The minimum Gasteiger partial charge on any atom is -0.324 e. The van der Waals surface area contributed by atoms with Crippen LogP contribution in [0, 0.1) is 6.92 Å². The Morgan fingerprint density at radius 3 is 2.41 bits per heavy atom. The van der Waals surface area contributed by atoms with E-state index in [2.05, 4.69) is 5.10 Å². The van der Waals surface area contributed by atoms with Gasteiger partial charge in [0.25, 0.3) is 0 Å². The molecule has 3 aromatic rings. The van der Waals surface area contributed by atoms with E-state index in [0.717, 1.165) is 17.1 Å². The largest absolute Gasteiger partial charge is 0.324 e. The summed E-state index contributed by atoms with van der Waals surface area (Å²) in [6.07, 6.45) is 7.25. The van der Waals surface area contributed by atoms with Crippen molar-refractivity contribution in [3.8, 4) is 5.69 Å². The molecule has 2 aromatic heterocycles. The first-order chi connectivity index (χ1) is 10.6. The zero-order valence-electron chi connectivity index (χ0n) is 12.6. The summed E-state index contributed by atoms with van der Waals surface area (Å²) in [5.41, 5.74) is 3.55. The molecule has 4 nitrogen and oxygen atoms in total. The van der Waals surface area contributed by atoms with Gasteiger partial charge < -0.3 is 4.57 Å². The Morgan fingerprint density at radius 1 is 1.14 bits per heavy atom. The van der Waals surface area contributed by atoms with Crippen molar-refractivity contribution in [2.75, 3.05) is 0 Å². The summed E-state index contributed by atoms with van der Waals surface area (Å²) in [7, 11) is 1.88. The van der Waals surface area contributed by atoms with Gasteiger partial charge in [-0.05, 0) is 61.5 Å². The Hall–Kier alpha value is -2.88. The van der Waals surface area contributed by atoms with Gasteiger partial charge in [0.15, 0.2) is 5.78 Å². The van der Waals surface area contributed by atoms with Crippen molar-refractivity contribution in [3.63, 3.8) is 0 Å². The minimum absolute atomic E-state index is 0.0256. The van der Waals surface area contributed by atoms with Crippen molar-refractivity contribution < 1.29 is 4.79 Å². The highest BCUT2D eigenvalue weighted by molar-refractivity contribution is 6.06. The SMILES string of the molecule is Cc1cc(/C=C/C(=O)c2ccc(-n3cccc3)cc2)nn1C. The second kappa shape index (κ2) is 5.85. The summed E-state index contributed by atoms with van der Waals surface area (Å²) < 4.78 is 3.79. The van der Waals surface area contributed by atoms with Crippen LogP contribution in [0.25, 0.3) is 11.8 Å². The Kier molecular flexibility index (Phi) is 3.74. The molecule has 0 atom stereocenters. The van der Waals surface area contributed by atoms with Gasteiger partial charge in [0.1, 0.15) is 0 Å². The lowest BCUT2D eigenvalue weighted by Crippen LogP contribution is -1.96. The molecular formula is C18H17N3O. The molecule has 0 N–H and O–H groups in total. The molecule has 0 spiro atoms. The second-order valence-electron chi connectivity index (χ2n) is 5.17. The van der Waals surface area contributed by atoms with E-state index in [-0.39, 0.29) is 5.78 Å². The summed E-state index contributed by atoms with van der Waals surface area (Å²) >= 11 is 0. The predicted octanol–water partition coefficient (Wildman–Crippen LogP) is 3.42. The lowest BCUT2D eigenvalue weighted by atomic mass is 10.1. The lowest BCUT2D eigenvalue weighted by Gasteiger charge is -2.03. The van der Waals surface area contributed by atoms with Gasteiger partial charge >= 0.3 is 0 Å². The summed E-state index contributed by atoms with van der Waals surface area (Å²) in [6.45, 7) is 1.98. The van der Waals surface area contributed by atoms with Gasteiger partial charge in [-0.2, -0.15) is 5.10 Å². The van der Waals surface area contributed by atoms with Crippen LogP contribution >= 0.6 is 0 Å². The molecule has 0 aliphatic heterocycles. The molecule has 0 unspecified atom stereocenters. The van der Waals surface area contributed by atoms with Crippen LogP contribution in [0.15, 0.2) is 60.9 Å². The zero-order valence-corrected chi connectivity index (χ0v) is 12.6. The molecule has 0 fully saturated rings. The molecule has 0 saturated carbocycles. The van der Waals surface area contributed by atoms with Crippen LogP contribution in [-0.4, -0.2) is 20.1 Å². The Balaban J connectivity index is 1.75. The number of benzene rings is 1. The Bertz CT molecular complexity index is 789. The van der Waals surface area contributed by atoms with E-state index in [4.69, 9.17) is 0 Å². The van der Waals surface area contributed by atoms with E-state index in [9.17, 15) is 4.79 Å². The maximum Gasteiger partial charge on any atom is 0.185 e. The third kappa shape index (κ3) is 2.91. The predicted molar refractivity (Wildman–Crippen MR) is 87.1 cm³/mol. The molecule has 22 heavy (non-hydrogen) atoms. The number of ketones is 1. The number of allylic oxidation sites excluding steroid dienone is 1. The normalized spacial score (nSPS) is 11.2. The van der Waals surface area contributed by atoms with Crippen molar-refractivity contribution in [3.05, 3.63) is 77.9 Å². The molecule has 0 bridgehead atoms. The van der Waals surface area contributed by atoms with E-state index in [0.29, 0.717) is 5.56 Å². The standard InChI is InChI=1S/C18H17N3O/c1-14-13-16(19-20(14)2)7-10-18(22)15-5-8-17(9-6-15)21-11-3-4-12-21/h3-13H,1-2H3/b10-7+. The highest BCUT2D eigenvalue weighted by Gasteiger charge is 2.03. The Morgan fingerprint density at radius 2 is 1.82 bits per heavy atom. The molecule has 0 saturated heterocycles. The molecule has 0 aliphatic carbocycles. The summed E-state index contributed by atoms with van der Waals surface area (Å²) in [6, 6.07) is 13.4. The number of carbonyl (C=O) groups excluding carboxylic acids is 1. The third-order valence-electron chi connectivity index (χ3n) is 3.59. The number of hydrogen-bond donors (Lipinski definition) is 0. The molecule has 1 aromatic carbocycles. The first kappa shape index (κ1) is 14.1. The number of aromatic nitrogens is 3. The van der Waals surface area contributed by atoms with Crippen LogP contribution in [-0.2, 0) is 7.05 Å². The van der Waals surface area contributed by atoms with Gasteiger partial charge in [0.05, 0.1) is 5.69 Å². The van der Waals surface area contributed by atoms with Crippen molar-refractivity contribution >= 4 is 11.9 Å². The summed E-state index contributed by atoms with van der Waals surface area (Å²) in [5, 5.41) is 4.30. The summed E-state index contributed by atoms with van der Waals surface area (Å²) in [5.74, 6) is -0.0256. The molecule has 4 heteroatoms. The average Bonchev–Trinajstić information content (AvgIpc) is 3.16. The van der Waals surface area contributed by atoms with Gasteiger partial charge in [-0.15, -0.1) is 0 Å². The van der Waals surface area contributed by atoms with Crippen molar-refractivity contribution in [2.24, 2.45) is 7.05 Å². The highest BCUT2D eigenvalue weighted by atomic mass is 16.1. The second-order valence-corrected chi connectivity index (χ2v) is 5.17. The number of hydrogen-bond acceptors (Lipinski definition) is 2. The van der Waals surface area contributed by atoms with E-state index >= 15 is 0 Å². The minimum atomic E-state index is -0.0256. The lowest BCUT2D eigenvalue weighted by molar-refractivity contribution is 0.104. The van der Waals surface area contributed by atoms with E-state index in [1.165, 1.54) is 0 Å². The number of nitrogens with zero attached hydrogens (tertiary/aromatic N) is 3. The fraction of sp³-hybridized carbons (Fsp3) is 0.111. The molecule has 2 heterocycles. The van der Waals surface area contributed by atoms with E-state index in [1.54, 1.807) is 16.8 Å². The molecule has 0 radical (unpaired) electrons. The molecule has 110 valence electrons. The van der Waals surface area contributed by atoms with Crippen molar-refractivity contribution in [1.82, 2.24) is 14.3 Å². The molecule has 3 rings (SSSR count). The maximum atomic E-state index is 12.2. The van der Waals surface area contributed by atoms with Crippen LogP contribution in [0.4, 0.5) is 0 Å². The first-order valence-corrected chi connectivity index (χ1v) is 7.10. The Labute approximate surface area is 129 Å². The van der Waals surface area contributed by atoms with Crippen LogP contribution in [0.3, 0.4) is 0 Å². The van der Waals surface area contributed by atoms with Gasteiger partial charge in [-0.3, -0.25) is 9.48 Å². The van der Waals surface area contributed by atoms with Crippen LogP contribution in [0.5, 0.6) is 0 Å². The van der Waals surface area contributed by atoms with Gasteiger partial charge in [0, 0.05) is 36.4 Å². The number of aryl methyl sites for hydroxylation is 2. The first-order valence-electron chi connectivity index (χ1n) is 7.10. The van der Waals surface area contributed by atoms with Gasteiger partial charge in [0.2, 0.25) is 0 Å². The van der Waals surface area contributed by atoms with Crippen LogP contribution < -0.4 is 0 Å². The van der Waals surface area contributed by atoms with Crippen molar-refractivity contribution in [1.29, 1.82) is 0 Å². The molecular weight excluding hydrogens is 274 g/mol. The van der Waals surface area contributed by atoms with E-state index in [1.807, 2.05) is 73.4 Å². The van der Waals surface area contributed by atoms with Gasteiger partial charge in [-0.1, -0.05) is 0 Å². The smallest absolute Gasteiger partial charge is 0.185 e. The monoisotopic (exact) mass is 291 g/mol. The topological polar surface area (TPSA) is 39.8 Å². The highest BCUT2D eigenvalue weighted by Crippen LogP contribution is 2.11. The molecule has 0 amide bonds. The fourth-order valence-electron chi connectivity index (χ4n) is 2.23. The molecule has 0 aliphatic rings. The quantitative estimate of drug-likeness (QED) is 0.546. The van der Waals surface area contributed by atoms with Crippen LogP contribution in [0.1, 0.15) is 21.7 Å². The number of rotatable bonds is 4. The third-order valence-corrected chi connectivity index (χ3v) is 3.59.